The zero-order valence-corrected chi connectivity index (χ0v) is 13.2. The first-order valence-corrected chi connectivity index (χ1v) is 9.44. The van der Waals surface area contributed by atoms with E-state index in [2.05, 4.69) is 13.8 Å². The summed E-state index contributed by atoms with van der Waals surface area (Å²) in [5.74, 6) is 1.44. The van der Waals surface area contributed by atoms with Gasteiger partial charge in [0.25, 0.3) is 0 Å². The SMILES string of the molecule is [CH2]C[S+]([O-])CCCCCCCCCCCCCC. The molecule has 0 heterocycles. The van der Waals surface area contributed by atoms with Crippen molar-refractivity contribution in [2.45, 2.75) is 84.0 Å². The number of unbranched alkanes of at least 4 members (excludes halogenated alkanes) is 11. The molecule has 0 fully saturated rings. The molecule has 0 saturated heterocycles. The van der Waals surface area contributed by atoms with E-state index in [1.165, 1.54) is 70.6 Å². The van der Waals surface area contributed by atoms with Crippen LogP contribution in [0.3, 0.4) is 0 Å². The molecule has 0 aromatic heterocycles. The molecule has 0 aromatic rings. The number of rotatable bonds is 14. The van der Waals surface area contributed by atoms with Crippen LogP contribution in [-0.2, 0) is 11.2 Å². The van der Waals surface area contributed by atoms with Crippen LogP contribution in [-0.4, -0.2) is 16.1 Å². The number of hydrogen-bond donors (Lipinski definition) is 0. The molecule has 18 heavy (non-hydrogen) atoms. The Kier molecular flexibility index (Phi) is 15.6. The van der Waals surface area contributed by atoms with Gasteiger partial charge in [0, 0.05) is 0 Å². The van der Waals surface area contributed by atoms with Gasteiger partial charge in [0.05, 0.1) is 0 Å². The van der Waals surface area contributed by atoms with E-state index in [4.69, 9.17) is 0 Å². The van der Waals surface area contributed by atoms with Crippen LogP contribution in [0.25, 0.3) is 0 Å². The fourth-order valence-electron chi connectivity index (χ4n) is 2.21. The summed E-state index contributed by atoms with van der Waals surface area (Å²) in [5.41, 5.74) is 0. The maximum atomic E-state index is 11.1. The van der Waals surface area contributed by atoms with E-state index in [0.717, 1.165) is 12.2 Å². The van der Waals surface area contributed by atoms with E-state index in [0.29, 0.717) is 5.75 Å². The Morgan fingerprint density at radius 2 is 1.11 bits per heavy atom. The Hall–Kier alpha value is 0.310. The normalized spacial score (nSPS) is 12.8. The monoisotopic (exact) mass is 273 g/mol. The van der Waals surface area contributed by atoms with Crippen LogP contribution in [0, 0.1) is 6.92 Å². The molecule has 1 nitrogen and oxygen atoms in total. The third-order valence-electron chi connectivity index (χ3n) is 3.45. The average Bonchev–Trinajstić information content (AvgIpc) is 2.39. The lowest BCUT2D eigenvalue weighted by Gasteiger charge is -2.07. The maximum Gasteiger partial charge on any atom is 0.105 e. The molecule has 109 valence electrons. The predicted molar refractivity (Wildman–Crippen MR) is 84.3 cm³/mol. The third kappa shape index (κ3) is 14.4. The van der Waals surface area contributed by atoms with E-state index in [9.17, 15) is 4.55 Å². The van der Waals surface area contributed by atoms with Crippen LogP contribution in [0.1, 0.15) is 84.0 Å². The molecular formula is C16H33OS. The van der Waals surface area contributed by atoms with Crippen LogP contribution in [0.4, 0.5) is 0 Å². The molecule has 0 aliphatic carbocycles. The minimum absolute atomic E-state index is 0.581. The van der Waals surface area contributed by atoms with Gasteiger partial charge in [-0.2, -0.15) is 0 Å². The molecule has 0 aliphatic rings. The van der Waals surface area contributed by atoms with Crippen molar-refractivity contribution in [3.8, 4) is 0 Å². The van der Waals surface area contributed by atoms with Gasteiger partial charge in [0.1, 0.15) is 11.5 Å². The fourth-order valence-corrected chi connectivity index (χ4v) is 2.94. The molecule has 0 spiro atoms. The van der Waals surface area contributed by atoms with Gasteiger partial charge >= 0.3 is 0 Å². The summed E-state index contributed by atoms with van der Waals surface area (Å²) in [5, 5.41) is 0. The molecule has 0 saturated carbocycles. The van der Waals surface area contributed by atoms with Gasteiger partial charge in [-0.05, 0) is 19.8 Å². The lowest BCUT2D eigenvalue weighted by atomic mass is 10.1. The molecule has 0 N–H and O–H groups in total. The molecule has 0 rings (SSSR count). The van der Waals surface area contributed by atoms with E-state index in [-0.39, 0.29) is 0 Å². The highest BCUT2D eigenvalue weighted by Gasteiger charge is 2.00. The second-order valence-electron chi connectivity index (χ2n) is 5.24. The molecule has 1 unspecified atom stereocenters. The predicted octanol–water partition coefficient (Wildman–Crippen LogP) is 5.27. The molecule has 0 aliphatic heterocycles. The smallest absolute Gasteiger partial charge is 0.105 e. The average molecular weight is 274 g/mol. The van der Waals surface area contributed by atoms with Crippen molar-refractivity contribution in [2.24, 2.45) is 0 Å². The Morgan fingerprint density at radius 1 is 0.722 bits per heavy atom. The van der Waals surface area contributed by atoms with Crippen molar-refractivity contribution in [1.29, 1.82) is 0 Å². The highest BCUT2D eigenvalue weighted by molar-refractivity contribution is 7.91. The summed E-state index contributed by atoms with van der Waals surface area (Å²) >= 11 is -0.653. The van der Waals surface area contributed by atoms with Crippen molar-refractivity contribution < 1.29 is 4.55 Å². The summed E-state index contributed by atoms with van der Waals surface area (Å²) in [4.78, 5) is 0. The first kappa shape index (κ1) is 18.3. The van der Waals surface area contributed by atoms with Crippen molar-refractivity contribution in [1.82, 2.24) is 0 Å². The summed E-state index contributed by atoms with van der Waals surface area (Å²) in [7, 11) is 0. The Morgan fingerprint density at radius 3 is 1.50 bits per heavy atom. The van der Waals surface area contributed by atoms with Crippen molar-refractivity contribution in [3.05, 3.63) is 6.92 Å². The first-order chi connectivity index (χ1) is 8.81. The molecule has 1 atom stereocenters. The minimum Gasteiger partial charge on any atom is -0.616 e. The lowest BCUT2D eigenvalue weighted by Crippen LogP contribution is -2.08. The summed E-state index contributed by atoms with van der Waals surface area (Å²) in [6.07, 6.45) is 16.4. The van der Waals surface area contributed by atoms with Crippen molar-refractivity contribution in [3.63, 3.8) is 0 Å². The minimum atomic E-state index is -0.653. The van der Waals surface area contributed by atoms with Crippen LogP contribution >= 0.6 is 0 Å². The zero-order chi connectivity index (χ0) is 13.5. The highest BCUT2D eigenvalue weighted by Crippen LogP contribution is 2.12. The topological polar surface area (TPSA) is 23.1 Å². The van der Waals surface area contributed by atoms with Gasteiger partial charge in [0.2, 0.25) is 0 Å². The second-order valence-corrected chi connectivity index (χ2v) is 6.93. The Labute approximate surface area is 118 Å². The van der Waals surface area contributed by atoms with Crippen LogP contribution in [0.2, 0.25) is 0 Å². The standard InChI is InChI=1S/C16H33OS/c1-3-5-6-7-8-9-10-11-12-13-14-15-16-18(17)4-2/h2-16H2,1H3. The van der Waals surface area contributed by atoms with Gasteiger partial charge < -0.3 is 4.55 Å². The van der Waals surface area contributed by atoms with E-state index in [1.807, 2.05) is 0 Å². The van der Waals surface area contributed by atoms with Gasteiger partial charge in [0.15, 0.2) is 0 Å². The van der Waals surface area contributed by atoms with Crippen molar-refractivity contribution >= 4 is 11.2 Å². The van der Waals surface area contributed by atoms with Crippen LogP contribution in [0.15, 0.2) is 0 Å². The van der Waals surface area contributed by atoms with Gasteiger partial charge in [-0.1, -0.05) is 82.3 Å². The second kappa shape index (κ2) is 15.4. The molecule has 1 radical (unpaired) electrons. The summed E-state index contributed by atoms with van der Waals surface area (Å²) in [6.45, 7) is 5.93. The van der Waals surface area contributed by atoms with Crippen molar-refractivity contribution in [2.75, 3.05) is 11.5 Å². The van der Waals surface area contributed by atoms with Crippen LogP contribution in [0.5, 0.6) is 0 Å². The van der Waals surface area contributed by atoms with E-state index in [1.54, 1.807) is 0 Å². The molecule has 0 aromatic carbocycles. The summed E-state index contributed by atoms with van der Waals surface area (Å²) < 4.78 is 11.1. The fraction of sp³-hybridized carbons (Fsp3) is 0.938. The number of hydrogen-bond acceptors (Lipinski definition) is 1. The van der Waals surface area contributed by atoms with Gasteiger partial charge in [-0.15, -0.1) is 0 Å². The third-order valence-corrected chi connectivity index (χ3v) is 4.65. The molecular weight excluding hydrogens is 240 g/mol. The largest absolute Gasteiger partial charge is 0.616 e. The highest BCUT2D eigenvalue weighted by atomic mass is 32.2. The first-order valence-electron chi connectivity index (χ1n) is 7.95. The molecule has 2 heteroatoms. The molecule has 0 amide bonds. The van der Waals surface area contributed by atoms with E-state index < -0.39 is 11.2 Å². The zero-order valence-electron chi connectivity index (χ0n) is 12.4. The lowest BCUT2D eigenvalue weighted by molar-refractivity contribution is 0.546. The Balaban J connectivity index is 2.94. The van der Waals surface area contributed by atoms with Crippen LogP contribution < -0.4 is 0 Å². The van der Waals surface area contributed by atoms with E-state index >= 15 is 0 Å². The Bertz CT molecular complexity index is 150. The maximum absolute atomic E-state index is 11.1. The summed E-state index contributed by atoms with van der Waals surface area (Å²) in [6, 6.07) is 0. The van der Waals surface area contributed by atoms with Gasteiger partial charge in [-0.3, -0.25) is 0 Å². The molecule has 0 bridgehead atoms. The quantitative estimate of drug-likeness (QED) is 0.312. The van der Waals surface area contributed by atoms with Gasteiger partial charge in [-0.25, -0.2) is 0 Å².